The molecule has 1 unspecified atom stereocenters. The molecule has 0 bridgehead atoms. The van der Waals surface area contributed by atoms with Gasteiger partial charge in [-0.25, -0.2) is 4.39 Å². The summed E-state index contributed by atoms with van der Waals surface area (Å²) in [6, 6.07) is 4.68. The van der Waals surface area contributed by atoms with Crippen molar-refractivity contribution in [2.75, 3.05) is 14.2 Å². The van der Waals surface area contributed by atoms with Crippen molar-refractivity contribution in [3.63, 3.8) is 0 Å². The lowest BCUT2D eigenvalue weighted by molar-refractivity contribution is -0.122. The van der Waals surface area contributed by atoms with Gasteiger partial charge >= 0.3 is 0 Å². The van der Waals surface area contributed by atoms with Crippen LogP contribution in [-0.4, -0.2) is 32.0 Å². The second-order valence-corrected chi connectivity index (χ2v) is 4.33. The van der Waals surface area contributed by atoms with Gasteiger partial charge in [-0.3, -0.25) is 9.59 Å². The quantitative estimate of drug-likeness (QED) is 0.543. The molecule has 4 nitrogen and oxygen atoms in total. The summed E-state index contributed by atoms with van der Waals surface area (Å²) in [5.41, 5.74) is -0.0325. The van der Waals surface area contributed by atoms with E-state index in [1.165, 1.54) is 26.4 Å². The van der Waals surface area contributed by atoms with Crippen LogP contribution >= 0.6 is 0 Å². The van der Waals surface area contributed by atoms with E-state index >= 15 is 0 Å². The van der Waals surface area contributed by atoms with Gasteiger partial charge in [-0.15, -0.1) is 0 Å². The summed E-state index contributed by atoms with van der Waals surface area (Å²) in [5.74, 6) is -1.23. The Labute approximate surface area is 117 Å². The molecule has 0 spiro atoms. The van der Waals surface area contributed by atoms with Gasteiger partial charge < -0.3 is 9.47 Å². The van der Waals surface area contributed by atoms with Crippen LogP contribution in [0.1, 0.15) is 36.5 Å². The van der Waals surface area contributed by atoms with Gasteiger partial charge in [0.15, 0.2) is 5.78 Å². The van der Waals surface area contributed by atoms with Gasteiger partial charge in [-0.2, -0.15) is 0 Å². The van der Waals surface area contributed by atoms with Crippen molar-refractivity contribution in [3.8, 4) is 11.5 Å². The lowest BCUT2D eigenvalue weighted by Crippen LogP contribution is -2.26. The highest BCUT2D eigenvalue weighted by Crippen LogP contribution is 2.30. The Balaban J connectivity index is 3.04. The van der Waals surface area contributed by atoms with Gasteiger partial charge in [0.25, 0.3) is 0 Å². The van der Waals surface area contributed by atoms with E-state index in [-0.39, 0.29) is 23.5 Å². The van der Waals surface area contributed by atoms with Crippen LogP contribution < -0.4 is 9.47 Å². The second-order valence-electron chi connectivity index (χ2n) is 4.33. The summed E-state index contributed by atoms with van der Waals surface area (Å²) < 4.78 is 24.1. The zero-order valence-corrected chi connectivity index (χ0v) is 11.9. The van der Waals surface area contributed by atoms with Crippen molar-refractivity contribution in [2.45, 2.75) is 32.4 Å². The van der Waals surface area contributed by atoms with Crippen molar-refractivity contribution in [1.82, 2.24) is 0 Å². The highest BCUT2D eigenvalue weighted by molar-refractivity contribution is 6.15. The molecule has 20 heavy (non-hydrogen) atoms. The zero-order valence-electron chi connectivity index (χ0n) is 11.9. The predicted molar refractivity (Wildman–Crippen MR) is 73.3 cm³/mol. The first-order valence-corrected chi connectivity index (χ1v) is 6.48. The van der Waals surface area contributed by atoms with E-state index in [1.54, 1.807) is 6.07 Å². The van der Waals surface area contributed by atoms with E-state index in [4.69, 9.17) is 9.47 Å². The second kappa shape index (κ2) is 7.62. The first-order chi connectivity index (χ1) is 9.56. The summed E-state index contributed by atoms with van der Waals surface area (Å²) in [5, 5.41) is 0. The molecule has 110 valence electrons. The minimum atomic E-state index is -2.17. The van der Waals surface area contributed by atoms with Gasteiger partial charge in [0.05, 0.1) is 14.2 Å². The number of carbonyl (C=O) groups excluding carboxylic acids is 2. The molecule has 5 heteroatoms. The molecule has 0 amide bonds. The van der Waals surface area contributed by atoms with E-state index in [9.17, 15) is 14.0 Å². The van der Waals surface area contributed by atoms with Crippen LogP contribution in [0.4, 0.5) is 4.39 Å². The molecular formula is C15H19FO4. The van der Waals surface area contributed by atoms with Crippen molar-refractivity contribution >= 4 is 11.6 Å². The van der Waals surface area contributed by atoms with Crippen LogP contribution in [0.15, 0.2) is 18.2 Å². The molecule has 0 aliphatic heterocycles. The van der Waals surface area contributed by atoms with Gasteiger partial charge in [0, 0.05) is 6.42 Å². The van der Waals surface area contributed by atoms with Crippen LogP contribution in [0.2, 0.25) is 0 Å². The largest absolute Gasteiger partial charge is 0.496 e. The lowest BCUT2D eigenvalue weighted by Gasteiger charge is -2.13. The number of Topliss-reactive ketones (excluding diaryl/α,β-unsaturated/α-hetero) is 2. The van der Waals surface area contributed by atoms with E-state index in [0.717, 1.165) is 6.42 Å². The number of benzene rings is 1. The molecule has 0 aliphatic carbocycles. The van der Waals surface area contributed by atoms with E-state index in [0.29, 0.717) is 6.42 Å². The molecule has 0 saturated carbocycles. The molecule has 0 saturated heterocycles. The number of ketones is 2. The SMILES string of the molecule is CCCCC(=O)C(F)C(=O)c1c(OC)cccc1OC. The third-order valence-electron chi connectivity index (χ3n) is 2.96. The molecule has 0 fully saturated rings. The molecule has 1 rings (SSSR count). The Morgan fingerprint density at radius 3 is 2.20 bits per heavy atom. The van der Waals surface area contributed by atoms with Gasteiger partial charge in [0.2, 0.25) is 12.0 Å². The first kappa shape index (κ1) is 16.1. The van der Waals surface area contributed by atoms with Crippen LogP contribution in [0.25, 0.3) is 0 Å². The summed E-state index contributed by atoms with van der Waals surface area (Å²) in [6.07, 6.45) is -0.784. The van der Waals surface area contributed by atoms with Crippen molar-refractivity contribution in [2.24, 2.45) is 0 Å². The highest BCUT2D eigenvalue weighted by Gasteiger charge is 2.31. The number of rotatable bonds is 8. The standard InChI is InChI=1S/C15H19FO4/c1-4-5-7-10(17)14(16)15(18)13-11(19-2)8-6-9-12(13)20-3/h6,8-9,14H,4-5,7H2,1-3H3. The Bertz CT molecular complexity index is 463. The van der Waals surface area contributed by atoms with Crippen molar-refractivity contribution in [3.05, 3.63) is 23.8 Å². The fraction of sp³-hybridized carbons (Fsp3) is 0.467. The number of halogens is 1. The molecule has 0 N–H and O–H groups in total. The summed E-state index contributed by atoms with van der Waals surface area (Å²) in [6.45, 7) is 1.89. The fourth-order valence-electron chi connectivity index (χ4n) is 1.84. The molecule has 1 aromatic rings. The van der Waals surface area contributed by atoms with Crippen LogP contribution in [0.5, 0.6) is 11.5 Å². The number of unbranched alkanes of at least 4 members (excludes halogenated alkanes) is 1. The Morgan fingerprint density at radius 2 is 1.75 bits per heavy atom. The number of alkyl halides is 1. The zero-order chi connectivity index (χ0) is 15.1. The van der Waals surface area contributed by atoms with Gasteiger partial charge in [-0.05, 0) is 18.6 Å². The number of hydrogen-bond donors (Lipinski definition) is 0. The van der Waals surface area contributed by atoms with E-state index in [2.05, 4.69) is 0 Å². The topological polar surface area (TPSA) is 52.6 Å². The summed E-state index contributed by atoms with van der Waals surface area (Å²) >= 11 is 0. The molecule has 0 aromatic heterocycles. The molecule has 1 aromatic carbocycles. The first-order valence-electron chi connectivity index (χ1n) is 6.48. The maximum atomic E-state index is 14.0. The van der Waals surface area contributed by atoms with Crippen molar-refractivity contribution < 1.29 is 23.5 Å². The molecular weight excluding hydrogens is 263 g/mol. The third kappa shape index (κ3) is 3.56. The smallest absolute Gasteiger partial charge is 0.221 e. The minimum Gasteiger partial charge on any atom is -0.496 e. The van der Waals surface area contributed by atoms with Crippen LogP contribution in [-0.2, 0) is 4.79 Å². The van der Waals surface area contributed by atoms with E-state index in [1.807, 2.05) is 6.92 Å². The number of carbonyl (C=O) groups is 2. The summed E-state index contributed by atoms with van der Waals surface area (Å²) in [4.78, 5) is 23.8. The monoisotopic (exact) mass is 282 g/mol. The number of ether oxygens (including phenoxy) is 2. The van der Waals surface area contributed by atoms with Gasteiger partial charge in [-0.1, -0.05) is 19.4 Å². The highest BCUT2D eigenvalue weighted by atomic mass is 19.1. The van der Waals surface area contributed by atoms with E-state index < -0.39 is 17.7 Å². The Morgan fingerprint density at radius 1 is 1.20 bits per heavy atom. The summed E-state index contributed by atoms with van der Waals surface area (Å²) in [7, 11) is 2.75. The number of methoxy groups -OCH3 is 2. The average Bonchev–Trinajstić information content (AvgIpc) is 2.49. The predicted octanol–water partition coefficient (Wildman–Crippen LogP) is 2.98. The van der Waals surface area contributed by atoms with Crippen LogP contribution in [0.3, 0.4) is 0 Å². The Hall–Kier alpha value is -1.91. The average molecular weight is 282 g/mol. The number of hydrogen-bond acceptors (Lipinski definition) is 4. The maximum absolute atomic E-state index is 14.0. The molecule has 0 radical (unpaired) electrons. The van der Waals surface area contributed by atoms with Crippen LogP contribution in [0, 0.1) is 0 Å². The van der Waals surface area contributed by atoms with Crippen molar-refractivity contribution in [1.29, 1.82) is 0 Å². The van der Waals surface area contributed by atoms with Gasteiger partial charge in [0.1, 0.15) is 17.1 Å². The third-order valence-corrected chi connectivity index (χ3v) is 2.96. The Kier molecular flexibility index (Phi) is 6.15. The molecule has 0 aliphatic rings. The molecule has 1 atom stereocenters. The molecule has 0 heterocycles. The fourth-order valence-corrected chi connectivity index (χ4v) is 1.84. The normalized spacial score (nSPS) is 11.8. The maximum Gasteiger partial charge on any atom is 0.221 e. The minimum absolute atomic E-state index is 0.0325. The lowest BCUT2D eigenvalue weighted by atomic mass is 9.99.